The number of hydrogen-bond donors (Lipinski definition) is 1. The van der Waals surface area contributed by atoms with E-state index in [1.807, 2.05) is 49.4 Å². The van der Waals surface area contributed by atoms with Crippen molar-refractivity contribution in [2.45, 2.75) is 17.9 Å². The first-order chi connectivity index (χ1) is 11.5. The molecule has 0 aliphatic rings. The van der Waals surface area contributed by atoms with E-state index in [0.717, 1.165) is 14.9 Å². The highest BCUT2D eigenvalue weighted by atomic mass is 79.9. The Balaban J connectivity index is 1.92. The molecule has 0 bridgehead atoms. The van der Waals surface area contributed by atoms with Gasteiger partial charge >= 0.3 is 0 Å². The van der Waals surface area contributed by atoms with Crippen molar-refractivity contribution in [3.8, 4) is 11.5 Å². The summed E-state index contributed by atoms with van der Waals surface area (Å²) in [4.78, 5) is 13.2. The highest BCUT2D eigenvalue weighted by Crippen LogP contribution is 2.30. The van der Waals surface area contributed by atoms with Gasteiger partial charge in [0.25, 0.3) is 0 Å². The Bertz CT molecular complexity index is 691. The summed E-state index contributed by atoms with van der Waals surface area (Å²) in [5.41, 5.74) is 0.967. The maximum Gasteiger partial charge on any atom is 0.230 e. The molecule has 2 aromatic rings. The molecule has 0 saturated carbocycles. The average Bonchev–Trinajstić information content (AvgIpc) is 2.60. The molecule has 0 aliphatic heterocycles. The van der Waals surface area contributed by atoms with Gasteiger partial charge in [0.1, 0.15) is 0 Å². The van der Waals surface area contributed by atoms with Gasteiger partial charge in [-0.05, 0) is 48.9 Å². The molecule has 6 heteroatoms. The minimum absolute atomic E-state index is 0.00907. The van der Waals surface area contributed by atoms with E-state index in [2.05, 4.69) is 21.2 Å². The van der Waals surface area contributed by atoms with Crippen molar-refractivity contribution in [3.05, 3.63) is 52.5 Å². The summed E-state index contributed by atoms with van der Waals surface area (Å²) in [7, 11) is 3.20. The molecule has 0 spiro atoms. The highest BCUT2D eigenvalue weighted by Gasteiger charge is 2.13. The maximum absolute atomic E-state index is 12.1. The summed E-state index contributed by atoms with van der Waals surface area (Å²) in [5, 5.41) is 3.00. The number of amides is 1. The van der Waals surface area contributed by atoms with Crippen LogP contribution >= 0.6 is 27.7 Å². The maximum atomic E-state index is 12.1. The van der Waals surface area contributed by atoms with Gasteiger partial charge in [0.2, 0.25) is 5.91 Å². The van der Waals surface area contributed by atoms with Crippen LogP contribution in [0, 0.1) is 0 Å². The molecule has 0 aliphatic carbocycles. The van der Waals surface area contributed by atoms with Crippen molar-refractivity contribution in [3.63, 3.8) is 0 Å². The molecule has 4 nitrogen and oxygen atoms in total. The normalized spacial score (nSPS) is 11.7. The molecule has 0 saturated heterocycles. The summed E-state index contributed by atoms with van der Waals surface area (Å²) in [6.07, 6.45) is 0. The topological polar surface area (TPSA) is 47.6 Å². The molecule has 0 heterocycles. The molecule has 0 radical (unpaired) electrons. The number of nitrogens with one attached hydrogen (secondary N) is 1. The van der Waals surface area contributed by atoms with Gasteiger partial charge in [-0.2, -0.15) is 0 Å². The molecule has 1 amide bonds. The zero-order chi connectivity index (χ0) is 17.5. The molecule has 1 atom stereocenters. The molecular formula is C18H20BrNO3S. The first-order valence-corrected chi connectivity index (χ1v) is 9.21. The van der Waals surface area contributed by atoms with Gasteiger partial charge in [0.15, 0.2) is 11.5 Å². The van der Waals surface area contributed by atoms with Crippen LogP contribution in [0.2, 0.25) is 0 Å². The lowest BCUT2D eigenvalue weighted by molar-refractivity contribution is -0.119. The Kier molecular flexibility index (Phi) is 6.99. The monoisotopic (exact) mass is 409 g/mol. The summed E-state index contributed by atoms with van der Waals surface area (Å²) in [6.45, 7) is 1.95. The second kappa shape index (κ2) is 8.99. The number of ether oxygens (including phenoxy) is 2. The van der Waals surface area contributed by atoms with Crippen molar-refractivity contribution < 1.29 is 14.3 Å². The Labute approximate surface area is 155 Å². The fourth-order valence-electron chi connectivity index (χ4n) is 2.17. The number of benzene rings is 2. The summed E-state index contributed by atoms with van der Waals surface area (Å²) in [5.74, 6) is 1.69. The zero-order valence-electron chi connectivity index (χ0n) is 13.8. The molecule has 0 fully saturated rings. The number of halogens is 1. The van der Waals surface area contributed by atoms with E-state index in [1.54, 1.807) is 14.2 Å². The molecule has 2 rings (SSSR count). The number of thioether (sulfide) groups is 1. The Morgan fingerprint density at radius 3 is 2.42 bits per heavy atom. The van der Waals surface area contributed by atoms with Gasteiger partial charge in [-0.15, -0.1) is 11.8 Å². The van der Waals surface area contributed by atoms with Crippen molar-refractivity contribution >= 4 is 33.6 Å². The van der Waals surface area contributed by atoms with Crippen LogP contribution < -0.4 is 14.8 Å². The second-order valence-electron chi connectivity index (χ2n) is 5.15. The van der Waals surface area contributed by atoms with E-state index in [4.69, 9.17) is 9.47 Å². The molecular weight excluding hydrogens is 390 g/mol. The number of rotatable bonds is 7. The lowest BCUT2D eigenvalue weighted by Crippen LogP contribution is -2.28. The van der Waals surface area contributed by atoms with Gasteiger partial charge in [0.05, 0.1) is 26.0 Å². The van der Waals surface area contributed by atoms with E-state index in [-0.39, 0.29) is 11.9 Å². The SMILES string of the molecule is COc1ccc(C(C)NC(=O)CSc2ccc(Br)cc2)cc1OC. The molecule has 0 aromatic heterocycles. The minimum atomic E-state index is -0.108. The molecule has 2 aromatic carbocycles. The number of methoxy groups -OCH3 is 2. The van der Waals surface area contributed by atoms with E-state index in [1.165, 1.54) is 11.8 Å². The van der Waals surface area contributed by atoms with Crippen LogP contribution in [0.3, 0.4) is 0 Å². The third-order valence-corrected chi connectivity index (χ3v) is 5.01. The van der Waals surface area contributed by atoms with Crippen molar-refractivity contribution in [1.82, 2.24) is 5.32 Å². The number of carbonyl (C=O) groups excluding carboxylic acids is 1. The fourth-order valence-corrected chi connectivity index (χ4v) is 3.14. The minimum Gasteiger partial charge on any atom is -0.493 e. The zero-order valence-corrected chi connectivity index (χ0v) is 16.2. The van der Waals surface area contributed by atoms with Gasteiger partial charge in [-0.25, -0.2) is 0 Å². The van der Waals surface area contributed by atoms with Crippen LogP contribution in [0.5, 0.6) is 11.5 Å². The number of carbonyl (C=O) groups is 1. The first-order valence-electron chi connectivity index (χ1n) is 7.43. The first kappa shape index (κ1) is 18.7. The second-order valence-corrected chi connectivity index (χ2v) is 7.11. The fraction of sp³-hybridized carbons (Fsp3) is 0.278. The van der Waals surface area contributed by atoms with Gasteiger partial charge in [-0.1, -0.05) is 22.0 Å². The Morgan fingerprint density at radius 1 is 1.12 bits per heavy atom. The van der Waals surface area contributed by atoms with Crippen molar-refractivity contribution in [2.24, 2.45) is 0 Å². The molecule has 1 unspecified atom stereocenters. The Hall–Kier alpha value is -1.66. The predicted molar refractivity (Wildman–Crippen MR) is 101 cm³/mol. The molecule has 128 valence electrons. The smallest absolute Gasteiger partial charge is 0.230 e. The quantitative estimate of drug-likeness (QED) is 0.686. The van der Waals surface area contributed by atoms with Crippen LogP contribution in [-0.2, 0) is 4.79 Å². The third kappa shape index (κ3) is 5.18. The summed E-state index contributed by atoms with van der Waals surface area (Å²) >= 11 is 4.91. The molecule has 24 heavy (non-hydrogen) atoms. The van der Waals surface area contributed by atoms with Crippen LogP contribution in [0.25, 0.3) is 0 Å². The largest absolute Gasteiger partial charge is 0.493 e. The van der Waals surface area contributed by atoms with E-state index in [0.29, 0.717) is 17.3 Å². The van der Waals surface area contributed by atoms with Crippen molar-refractivity contribution in [2.75, 3.05) is 20.0 Å². The van der Waals surface area contributed by atoms with Gasteiger partial charge in [-0.3, -0.25) is 4.79 Å². The van der Waals surface area contributed by atoms with Crippen LogP contribution in [-0.4, -0.2) is 25.9 Å². The van der Waals surface area contributed by atoms with E-state index in [9.17, 15) is 4.79 Å². The average molecular weight is 410 g/mol. The highest BCUT2D eigenvalue weighted by molar-refractivity contribution is 9.10. The van der Waals surface area contributed by atoms with E-state index < -0.39 is 0 Å². The van der Waals surface area contributed by atoms with Gasteiger partial charge < -0.3 is 14.8 Å². The van der Waals surface area contributed by atoms with Crippen LogP contribution in [0.15, 0.2) is 51.8 Å². The third-order valence-electron chi connectivity index (χ3n) is 3.47. The lowest BCUT2D eigenvalue weighted by atomic mass is 10.1. The summed E-state index contributed by atoms with van der Waals surface area (Å²) in [6, 6.07) is 13.4. The predicted octanol–water partition coefficient (Wildman–Crippen LogP) is 4.44. The summed E-state index contributed by atoms with van der Waals surface area (Å²) < 4.78 is 11.6. The Morgan fingerprint density at radius 2 is 1.79 bits per heavy atom. The van der Waals surface area contributed by atoms with Crippen LogP contribution in [0.1, 0.15) is 18.5 Å². The lowest BCUT2D eigenvalue weighted by Gasteiger charge is -2.16. The number of hydrogen-bond acceptors (Lipinski definition) is 4. The van der Waals surface area contributed by atoms with E-state index >= 15 is 0 Å². The van der Waals surface area contributed by atoms with Gasteiger partial charge in [0, 0.05) is 9.37 Å². The molecule has 1 N–H and O–H groups in total. The van der Waals surface area contributed by atoms with Crippen molar-refractivity contribution in [1.29, 1.82) is 0 Å². The van der Waals surface area contributed by atoms with Crippen LogP contribution in [0.4, 0.5) is 0 Å². The standard InChI is InChI=1S/C18H20BrNO3S/c1-12(13-4-9-16(22-2)17(10-13)23-3)20-18(21)11-24-15-7-5-14(19)6-8-15/h4-10,12H,11H2,1-3H3,(H,20,21).